The molecule has 0 saturated carbocycles. The predicted octanol–water partition coefficient (Wildman–Crippen LogP) is 1.13. The van der Waals surface area contributed by atoms with E-state index in [1.54, 1.807) is 14.2 Å². The van der Waals surface area contributed by atoms with E-state index in [1.807, 2.05) is 18.2 Å². The quantitative estimate of drug-likeness (QED) is 0.761. The van der Waals surface area contributed by atoms with Crippen molar-refractivity contribution in [3.63, 3.8) is 0 Å². The number of rotatable bonds is 6. The van der Waals surface area contributed by atoms with E-state index in [9.17, 15) is 0 Å². The Hall–Kier alpha value is -1.26. The van der Waals surface area contributed by atoms with Crippen molar-refractivity contribution in [2.75, 3.05) is 27.4 Å². The molecule has 0 fully saturated rings. The van der Waals surface area contributed by atoms with Gasteiger partial charge in [-0.25, -0.2) is 0 Å². The Labute approximate surface area is 96.0 Å². The molecule has 4 heteroatoms. The van der Waals surface area contributed by atoms with Gasteiger partial charge >= 0.3 is 0 Å². The van der Waals surface area contributed by atoms with Gasteiger partial charge in [0, 0.05) is 12.7 Å². The van der Waals surface area contributed by atoms with E-state index in [0.29, 0.717) is 13.0 Å². The first-order chi connectivity index (χ1) is 7.74. The fraction of sp³-hybridized carbons (Fsp3) is 0.500. The van der Waals surface area contributed by atoms with Crippen molar-refractivity contribution < 1.29 is 14.6 Å². The number of methoxy groups -OCH3 is 2. The Morgan fingerprint density at radius 2 is 1.75 bits per heavy atom. The minimum atomic E-state index is 0.126. The predicted molar refractivity (Wildman–Crippen MR) is 63.0 cm³/mol. The highest BCUT2D eigenvalue weighted by molar-refractivity contribution is 5.40. The second-order valence-corrected chi connectivity index (χ2v) is 3.59. The summed E-state index contributed by atoms with van der Waals surface area (Å²) >= 11 is 0. The topological polar surface area (TPSA) is 64.7 Å². The average Bonchev–Trinajstić information content (AvgIpc) is 2.35. The third-order valence-corrected chi connectivity index (χ3v) is 2.61. The van der Waals surface area contributed by atoms with E-state index in [1.165, 1.54) is 0 Å². The Balaban J connectivity index is 3.00. The van der Waals surface area contributed by atoms with Crippen molar-refractivity contribution in [2.45, 2.75) is 12.3 Å². The maximum Gasteiger partial charge on any atom is 0.122 e. The van der Waals surface area contributed by atoms with Crippen LogP contribution in [0.3, 0.4) is 0 Å². The van der Waals surface area contributed by atoms with Crippen LogP contribution < -0.4 is 15.2 Å². The molecule has 1 unspecified atom stereocenters. The van der Waals surface area contributed by atoms with E-state index in [0.717, 1.165) is 17.1 Å². The van der Waals surface area contributed by atoms with Gasteiger partial charge in [0.25, 0.3) is 0 Å². The normalized spacial score (nSPS) is 12.2. The maximum absolute atomic E-state index is 8.96. The van der Waals surface area contributed by atoms with Crippen molar-refractivity contribution >= 4 is 0 Å². The molecule has 0 heterocycles. The van der Waals surface area contributed by atoms with Crippen molar-refractivity contribution in [3.05, 3.63) is 23.8 Å². The number of ether oxygens (including phenoxy) is 2. The minimum absolute atomic E-state index is 0.126. The Morgan fingerprint density at radius 3 is 2.12 bits per heavy atom. The number of nitrogens with two attached hydrogens (primary N) is 1. The lowest BCUT2D eigenvalue weighted by Crippen LogP contribution is -2.14. The first-order valence-electron chi connectivity index (χ1n) is 5.29. The molecule has 1 atom stereocenters. The maximum atomic E-state index is 8.96. The third kappa shape index (κ3) is 3.12. The summed E-state index contributed by atoms with van der Waals surface area (Å²) in [5.74, 6) is 1.62. The molecule has 90 valence electrons. The summed E-state index contributed by atoms with van der Waals surface area (Å²) in [6, 6.07) is 5.67. The van der Waals surface area contributed by atoms with Gasteiger partial charge in [0.15, 0.2) is 0 Å². The molecule has 0 bridgehead atoms. The van der Waals surface area contributed by atoms with E-state index < -0.39 is 0 Å². The van der Waals surface area contributed by atoms with Crippen molar-refractivity contribution in [3.8, 4) is 11.5 Å². The summed E-state index contributed by atoms with van der Waals surface area (Å²) in [6.07, 6.45) is 0.646. The van der Waals surface area contributed by atoms with Crippen LogP contribution in [0.15, 0.2) is 18.2 Å². The van der Waals surface area contributed by atoms with Crippen LogP contribution in [0.5, 0.6) is 11.5 Å². The van der Waals surface area contributed by atoms with Crippen LogP contribution in [-0.4, -0.2) is 32.5 Å². The average molecular weight is 225 g/mol. The van der Waals surface area contributed by atoms with Gasteiger partial charge < -0.3 is 20.3 Å². The van der Waals surface area contributed by atoms with Crippen LogP contribution in [0.4, 0.5) is 0 Å². The fourth-order valence-electron chi connectivity index (χ4n) is 1.64. The minimum Gasteiger partial charge on any atom is -0.497 e. The third-order valence-electron chi connectivity index (χ3n) is 2.61. The molecule has 1 rings (SSSR count). The summed E-state index contributed by atoms with van der Waals surface area (Å²) in [5.41, 5.74) is 6.72. The fourth-order valence-corrected chi connectivity index (χ4v) is 1.64. The van der Waals surface area contributed by atoms with Crippen LogP contribution in [-0.2, 0) is 0 Å². The van der Waals surface area contributed by atoms with Gasteiger partial charge in [0.1, 0.15) is 11.5 Å². The van der Waals surface area contributed by atoms with Gasteiger partial charge in [-0.05, 0) is 36.6 Å². The van der Waals surface area contributed by atoms with Gasteiger partial charge in [-0.15, -0.1) is 0 Å². The zero-order valence-electron chi connectivity index (χ0n) is 9.77. The van der Waals surface area contributed by atoms with Gasteiger partial charge in [-0.2, -0.15) is 0 Å². The van der Waals surface area contributed by atoms with Crippen LogP contribution in [0.2, 0.25) is 0 Å². The molecule has 0 aliphatic rings. The number of hydrogen-bond acceptors (Lipinski definition) is 4. The number of benzene rings is 1. The summed E-state index contributed by atoms with van der Waals surface area (Å²) in [5, 5.41) is 8.96. The van der Waals surface area contributed by atoms with E-state index in [-0.39, 0.29) is 12.5 Å². The molecular weight excluding hydrogens is 206 g/mol. The molecule has 3 N–H and O–H groups in total. The smallest absolute Gasteiger partial charge is 0.122 e. The lowest BCUT2D eigenvalue weighted by atomic mass is 9.96. The molecular formula is C12H19NO3. The van der Waals surface area contributed by atoms with Crippen LogP contribution in [0.25, 0.3) is 0 Å². The Bertz CT molecular complexity index is 306. The first-order valence-corrected chi connectivity index (χ1v) is 5.29. The lowest BCUT2D eigenvalue weighted by molar-refractivity contribution is 0.276. The molecule has 16 heavy (non-hydrogen) atoms. The molecule has 0 aliphatic heterocycles. The summed E-state index contributed by atoms with van der Waals surface area (Å²) < 4.78 is 10.4. The second kappa shape index (κ2) is 6.35. The van der Waals surface area contributed by atoms with Crippen LogP contribution in [0.1, 0.15) is 17.9 Å². The van der Waals surface area contributed by atoms with Crippen molar-refractivity contribution in [2.24, 2.45) is 5.73 Å². The molecule has 0 amide bonds. The molecule has 1 aromatic rings. The lowest BCUT2D eigenvalue weighted by Gasteiger charge is -2.16. The van der Waals surface area contributed by atoms with E-state index in [4.69, 9.17) is 20.3 Å². The molecule has 0 radical (unpaired) electrons. The molecule has 0 saturated heterocycles. The first kappa shape index (κ1) is 12.8. The molecule has 4 nitrogen and oxygen atoms in total. The Morgan fingerprint density at radius 1 is 1.19 bits per heavy atom. The molecule has 0 aromatic heterocycles. The van der Waals surface area contributed by atoms with Gasteiger partial charge in [-0.1, -0.05) is 0 Å². The van der Waals surface area contributed by atoms with E-state index >= 15 is 0 Å². The second-order valence-electron chi connectivity index (χ2n) is 3.59. The van der Waals surface area contributed by atoms with Crippen molar-refractivity contribution in [1.82, 2.24) is 0 Å². The summed E-state index contributed by atoms with van der Waals surface area (Å²) in [4.78, 5) is 0. The van der Waals surface area contributed by atoms with Gasteiger partial charge in [0.05, 0.1) is 14.2 Å². The van der Waals surface area contributed by atoms with E-state index in [2.05, 4.69) is 0 Å². The van der Waals surface area contributed by atoms with Crippen molar-refractivity contribution in [1.29, 1.82) is 0 Å². The summed E-state index contributed by atoms with van der Waals surface area (Å²) in [7, 11) is 3.23. The number of aliphatic hydroxyl groups excluding tert-OH is 1. The number of aliphatic hydroxyl groups is 1. The highest BCUT2D eigenvalue weighted by Crippen LogP contribution is 2.28. The van der Waals surface area contributed by atoms with Gasteiger partial charge in [0.2, 0.25) is 0 Å². The highest BCUT2D eigenvalue weighted by Gasteiger charge is 2.11. The molecule has 1 aromatic carbocycles. The zero-order valence-corrected chi connectivity index (χ0v) is 9.77. The molecule has 0 spiro atoms. The van der Waals surface area contributed by atoms with Crippen LogP contribution in [0, 0.1) is 0 Å². The van der Waals surface area contributed by atoms with Crippen LogP contribution >= 0.6 is 0 Å². The SMILES string of the molecule is COc1cc(OC)cc(C(CN)CCO)c1. The number of hydrogen-bond donors (Lipinski definition) is 2. The molecule has 0 aliphatic carbocycles. The standard InChI is InChI=1S/C12H19NO3/c1-15-11-5-10(6-12(7-11)16-2)9(8-13)3-4-14/h5-7,9,14H,3-4,8,13H2,1-2H3. The largest absolute Gasteiger partial charge is 0.497 e. The zero-order chi connectivity index (χ0) is 12.0. The highest BCUT2D eigenvalue weighted by atomic mass is 16.5. The van der Waals surface area contributed by atoms with Gasteiger partial charge in [-0.3, -0.25) is 0 Å². The summed E-state index contributed by atoms with van der Waals surface area (Å²) in [6.45, 7) is 0.623. The Kier molecular flexibility index (Phi) is 5.08. The monoisotopic (exact) mass is 225 g/mol.